The highest BCUT2D eigenvalue weighted by Crippen LogP contribution is 2.25. The Morgan fingerprint density at radius 3 is 2.68 bits per heavy atom. The number of carbonyl (C=O) groups is 2. The zero-order valence-corrected chi connectivity index (χ0v) is 19.3. The zero-order chi connectivity index (χ0) is 22.0. The van der Waals surface area contributed by atoms with Gasteiger partial charge in [0, 0.05) is 49.4 Å². The summed E-state index contributed by atoms with van der Waals surface area (Å²) in [6, 6.07) is 11.0. The summed E-state index contributed by atoms with van der Waals surface area (Å²) in [6.07, 6.45) is 2.56. The van der Waals surface area contributed by atoms with Crippen molar-refractivity contribution < 1.29 is 9.59 Å². The first-order valence-electron chi connectivity index (χ1n) is 10.1. The van der Waals surface area contributed by atoms with Crippen molar-refractivity contribution in [2.24, 2.45) is 9.98 Å². The van der Waals surface area contributed by atoms with Gasteiger partial charge in [0.15, 0.2) is 0 Å². The van der Waals surface area contributed by atoms with Crippen LogP contribution in [0, 0.1) is 0 Å². The lowest BCUT2D eigenvalue weighted by Gasteiger charge is -2.39. The van der Waals surface area contributed by atoms with Gasteiger partial charge in [-0.05, 0) is 43.2 Å². The minimum absolute atomic E-state index is 0.0509. The van der Waals surface area contributed by atoms with Crippen LogP contribution in [0.2, 0.25) is 9.36 Å². The molecule has 2 aliphatic heterocycles. The van der Waals surface area contributed by atoms with Crippen LogP contribution in [-0.4, -0.2) is 65.9 Å². The number of thiophene rings is 1. The van der Waals surface area contributed by atoms with Gasteiger partial charge in [-0.3, -0.25) is 14.6 Å². The number of nitrogens with zero attached hydrogens (tertiary/aromatic N) is 4. The molecule has 4 rings (SSSR count). The van der Waals surface area contributed by atoms with E-state index in [1.54, 1.807) is 28.1 Å². The van der Waals surface area contributed by atoms with Gasteiger partial charge in [0.2, 0.25) is 5.84 Å². The Balaban J connectivity index is 1.41. The Morgan fingerprint density at radius 2 is 1.97 bits per heavy atom. The first-order valence-corrected chi connectivity index (χ1v) is 11.7. The van der Waals surface area contributed by atoms with E-state index in [2.05, 4.69) is 9.98 Å². The highest BCUT2D eigenvalue weighted by Gasteiger charge is 2.33. The SMILES string of the molecule is CC1CN(C(=O)c2ccc(Cl)s2)CCN1C(=O)C1=NCCC(c2cccc(Cl)c2)C=N1. The van der Waals surface area contributed by atoms with Crippen LogP contribution in [0.15, 0.2) is 46.4 Å². The number of hydrogen-bond acceptors (Lipinski definition) is 5. The Bertz CT molecular complexity index is 1050. The summed E-state index contributed by atoms with van der Waals surface area (Å²) in [5.74, 6) is 0.0465. The Labute approximate surface area is 195 Å². The molecule has 9 heteroatoms. The molecule has 2 aliphatic rings. The fourth-order valence-corrected chi connectivity index (χ4v) is 5.07. The van der Waals surface area contributed by atoms with E-state index in [4.69, 9.17) is 23.2 Å². The smallest absolute Gasteiger partial charge is 0.291 e. The molecule has 1 aromatic carbocycles. The first kappa shape index (κ1) is 22.0. The third-order valence-electron chi connectivity index (χ3n) is 5.51. The predicted octanol–water partition coefficient (Wildman–Crippen LogP) is 4.38. The van der Waals surface area contributed by atoms with Crippen molar-refractivity contribution in [3.8, 4) is 0 Å². The molecule has 2 amide bonds. The van der Waals surface area contributed by atoms with Gasteiger partial charge >= 0.3 is 0 Å². The molecule has 1 aromatic heterocycles. The normalized spacial score (nSPS) is 21.6. The van der Waals surface area contributed by atoms with E-state index in [0.717, 1.165) is 12.0 Å². The molecule has 162 valence electrons. The van der Waals surface area contributed by atoms with Crippen molar-refractivity contribution >= 4 is 58.4 Å². The molecular weight excluding hydrogens is 455 g/mol. The molecule has 0 bridgehead atoms. The van der Waals surface area contributed by atoms with Crippen LogP contribution in [-0.2, 0) is 4.79 Å². The predicted molar refractivity (Wildman–Crippen MR) is 126 cm³/mol. The summed E-state index contributed by atoms with van der Waals surface area (Å²) in [4.78, 5) is 38.8. The Hall–Kier alpha value is -2.22. The fraction of sp³-hybridized carbons (Fsp3) is 0.364. The second-order valence-corrected chi connectivity index (χ2v) is 9.79. The molecule has 0 N–H and O–H groups in total. The van der Waals surface area contributed by atoms with Crippen molar-refractivity contribution in [1.82, 2.24) is 9.80 Å². The van der Waals surface area contributed by atoms with Gasteiger partial charge in [0.1, 0.15) is 0 Å². The van der Waals surface area contributed by atoms with Gasteiger partial charge in [-0.2, -0.15) is 0 Å². The van der Waals surface area contributed by atoms with Gasteiger partial charge < -0.3 is 9.80 Å². The maximum absolute atomic E-state index is 13.1. The number of hydrogen-bond donors (Lipinski definition) is 0. The van der Waals surface area contributed by atoms with E-state index >= 15 is 0 Å². The van der Waals surface area contributed by atoms with Crippen LogP contribution in [0.25, 0.3) is 0 Å². The average Bonchev–Trinajstić information content (AvgIpc) is 3.04. The summed E-state index contributed by atoms with van der Waals surface area (Å²) < 4.78 is 0.588. The lowest BCUT2D eigenvalue weighted by molar-refractivity contribution is -0.128. The molecule has 0 aliphatic carbocycles. The van der Waals surface area contributed by atoms with E-state index in [9.17, 15) is 9.59 Å². The van der Waals surface area contributed by atoms with Crippen LogP contribution in [0.5, 0.6) is 0 Å². The Kier molecular flexibility index (Phi) is 6.74. The molecule has 6 nitrogen and oxygen atoms in total. The quantitative estimate of drug-likeness (QED) is 0.659. The summed E-state index contributed by atoms with van der Waals surface area (Å²) in [7, 11) is 0. The number of piperazine rings is 1. The topological polar surface area (TPSA) is 65.3 Å². The number of carbonyl (C=O) groups excluding carboxylic acids is 2. The van der Waals surface area contributed by atoms with Gasteiger partial charge in [0.05, 0.1) is 9.21 Å². The molecule has 3 heterocycles. The lowest BCUT2D eigenvalue weighted by atomic mass is 9.97. The standard InChI is InChI=1S/C22H22Cl2N4O2S/c1-14-13-27(21(29)18-5-6-19(24)31-18)9-10-28(14)22(30)20-25-8-7-16(12-26-20)15-3-2-4-17(23)11-15/h2-6,11-12,14,16H,7-10,13H2,1H3. The summed E-state index contributed by atoms with van der Waals surface area (Å²) in [6.45, 7) is 3.82. The third kappa shape index (κ3) is 5.00. The van der Waals surface area contributed by atoms with Crippen molar-refractivity contribution in [3.05, 3.63) is 56.2 Å². The van der Waals surface area contributed by atoms with Crippen LogP contribution in [0.1, 0.15) is 34.5 Å². The maximum atomic E-state index is 13.1. The van der Waals surface area contributed by atoms with Gasteiger partial charge in [-0.25, -0.2) is 4.99 Å². The van der Waals surface area contributed by atoms with Crippen molar-refractivity contribution in [1.29, 1.82) is 0 Å². The van der Waals surface area contributed by atoms with Crippen LogP contribution in [0.4, 0.5) is 0 Å². The summed E-state index contributed by atoms with van der Waals surface area (Å²) in [5, 5.41) is 0.679. The second kappa shape index (κ2) is 9.51. The van der Waals surface area contributed by atoms with Crippen molar-refractivity contribution in [3.63, 3.8) is 0 Å². The van der Waals surface area contributed by atoms with Gasteiger partial charge in [0.25, 0.3) is 11.8 Å². The monoisotopic (exact) mass is 476 g/mol. The Morgan fingerprint density at radius 1 is 1.13 bits per heavy atom. The zero-order valence-electron chi connectivity index (χ0n) is 17.0. The molecule has 2 aromatic rings. The average molecular weight is 477 g/mol. The van der Waals surface area contributed by atoms with Crippen molar-refractivity contribution in [2.75, 3.05) is 26.2 Å². The number of aliphatic imine (C=N–C) groups is 2. The second-order valence-electron chi connectivity index (χ2n) is 7.64. The van der Waals surface area contributed by atoms with E-state index in [1.807, 2.05) is 31.2 Å². The van der Waals surface area contributed by atoms with Gasteiger partial charge in [-0.15, -0.1) is 11.3 Å². The van der Waals surface area contributed by atoms with E-state index < -0.39 is 0 Å². The number of benzene rings is 1. The number of rotatable bonds is 3. The van der Waals surface area contributed by atoms with Crippen LogP contribution < -0.4 is 0 Å². The van der Waals surface area contributed by atoms with E-state index in [0.29, 0.717) is 40.4 Å². The molecule has 1 fully saturated rings. The summed E-state index contributed by atoms with van der Waals surface area (Å²) in [5.41, 5.74) is 1.06. The molecule has 0 radical (unpaired) electrons. The highest BCUT2D eigenvalue weighted by atomic mass is 35.5. The molecule has 1 saturated heterocycles. The van der Waals surface area contributed by atoms with Crippen LogP contribution in [0.3, 0.4) is 0 Å². The molecule has 2 unspecified atom stereocenters. The number of amides is 2. The maximum Gasteiger partial charge on any atom is 0.291 e. The van der Waals surface area contributed by atoms with Crippen molar-refractivity contribution in [2.45, 2.75) is 25.3 Å². The molecule has 31 heavy (non-hydrogen) atoms. The summed E-state index contributed by atoms with van der Waals surface area (Å²) >= 11 is 13.3. The van der Waals surface area contributed by atoms with E-state index in [1.165, 1.54) is 11.3 Å². The minimum atomic E-state index is -0.193. The first-order chi connectivity index (χ1) is 14.9. The fourth-order valence-electron chi connectivity index (χ4n) is 3.86. The number of halogens is 2. The van der Waals surface area contributed by atoms with E-state index in [-0.39, 0.29) is 29.6 Å². The third-order valence-corrected chi connectivity index (χ3v) is 6.96. The molecular formula is C22H22Cl2N4O2S. The largest absolute Gasteiger partial charge is 0.334 e. The lowest BCUT2D eigenvalue weighted by Crippen LogP contribution is -2.56. The van der Waals surface area contributed by atoms with Crippen LogP contribution >= 0.6 is 34.5 Å². The number of amidine groups is 1. The molecule has 0 spiro atoms. The molecule has 2 atom stereocenters. The molecule has 0 saturated carbocycles. The highest BCUT2D eigenvalue weighted by molar-refractivity contribution is 7.17. The minimum Gasteiger partial charge on any atom is -0.334 e. The van der Waals surface area contributed by atoms with Gasteiger partial charge in [-0.1, -0.05) is 35.3 Å².